The van der Waals surface area contributed by atoms with Crippen LogP contribution >= 0.6 is 0 Å². The van der Waals surface area contributed by atoms with Crippen LogP contribution in [0.2, 0.25) is 0 Å². The van der Waals surface area contributed by atoms with Gasteiger partial charge in [0.05, 0.1) is 18.1 Å². The van der Waals surface area contributed by atoms with Crippen molar-refractivity contribution >= 4 is 15.9 Å². The first-order valence-electron chi connectivity index (χ1n) is 7.69. The van der Waals surface area contributed by atoms with Gasteiger partial charge in [-0.05, 0) is 31.4 Å². The Morgan fingerprint density at radius 1 is 1.25 bits per heavy atom. The lowest BCUT2D eigenvalue weighted by atomic mass is 10.1. The molecule has 0 unspecified atom stereocenters. The highest BCUT2D eigenvalue weighted by Gasteiger charge is 2.24. The lowest BCUT2D eigenvalue weighted by Crippen LogP contribution is -2.38. The van der Waals surface area contributed by atoms with Crippen LogP contribution in [0.1, 0.15) is 29.6 Å². The van der Waals surface area contributed by atoms with Crippen molar-refractivity contribution in [2.24, 2.45) is 0 Å². The average Bonchev–Trinajstić information content (AvgIpc) is 3.09. The maximum Gasteiger partial charge on any atom is 0.264 e. The summed E-state index contributed by atoms with van der Waals surface area (Å²) >= 11 is 0. The van der Waals surface area contributed by atoms with E-state index >= 15 is 0 Å². The number of benzene rings is 1. The van der Waals surface area contributed by atoms with Gasteiger partial charge < -0.3 is 9.15 Å². The maximum absolute atomic E-state index is 12.1. The molecular formula is C16H18N2O5S. The molecule has 0 aliphatic carbocycles. The minimum Gasteiger partial charge on any atom is -0.444 e. The highest BCUT2D eigenvalue weighted by molar-refractivity contribution is 7.90. The van der Waals surface area contributed by atoms with Gasteiger partial charge in [-0.1, -0.05) is 12.1 Å². The van der Waals surface area contributed by atoms with Crippen molar-refractivity contribution < 1.29 is 22.4 Å². The van der Waals surface area contributed by atoms with Gasteiger partial charge in [0.1, 0.15) is 0 Å². The normalized spacial score (nSPS) is 18.2. The van der Waals surface area contributed by atoms with E-state index in [0.717, 1.165) is 18.4 Å². The molecule has 1 aromatic carbocycles. The third kappa shape index (κ3) is 4.21. The van der Waals surface area contributed by atoms with E-state index in [1.807, 2.05) is 0 Å². The largest absolute Gasteiger partial charge is 0.444 e. The van der Waals surface area contributed by atoms with Crippen LogP contribution in [0.25, 0.3) is 11.3 Å². The molecule has 3 rings (SSSR count). The van der Waals surface area contributed by atoms with Crippen LogP contribution in [0.4, 0.5) is 0 Å². The number of nitrogens with one attached hydrogen (secondary N) is 1. The number of carbonyl (C=O) groups excluding carboxylic acids is 1. The van der Waals surface area contributed by atoms with Crippen molar-refractivity contribution in [2.45, 2.75) is 25.4 Å². The van der Waals surface area contributed by atoms with Crippen molar-refractivity contribution in [3.63, 3.8) is 0 Å². The molecule has 8 heteroatoms. The van der Waals surface area contributed by atoms with Crippen LogP contribution in [0.5, 0.6) is 0 Å². The zero-order chi connectivity index (χ0) is 17.0. The summed E-state index contributed by atoms with van der Waals surface area (Å²) in [5, 5.41) is 0. The topological polar surface area (TPSA) is 98.5 Å². The van der Waals surface area contributed by atoms with E-state index in [2.05, 4.69) is 9.71 Å². The molecule has 0 radical (unpaired) electrons. The van der Waals surface area contributed by atoms with Crippen molar-refractivity contribution in [3.05, 3.63) is 42.4 Å². The Hall–Kier alpha value is -2.19. The zero-order valence-corrected chi connectivity index (χ0v) is 13.8. The molecule has 24 heavy (non-hydrogen) atoms. The van der Waals surface area contributed by atoms with E-state index in [-0.39, 0.29) is 17.4 Å². The summed E-state index contributed by atoms with van der Waals surface area (Å²) < 4.78 is 36.9. The summed E-state index contributed by atoms with van der Waals surface area (Å²) in [4.78, 5) is 16.0. The lowest BCUT2D eigenvalue weighted by Gasteiger charge is -2.22. The molecule has 2 aromatic rings. The SMILES string of the molecule is O=C(NS(=O)(=O)C[C@H]1CCCCO1)c1ccc(-c2cnco2)cc1. The molecule has 0 saturated carbocycles. The summed E-state index contributed by atoms with van der Waals surface area (Å²) in [6.07, 6.45) is 5.11. The minimum atomic E-state index is -3.73. The Morgan fingerprint density at radius 2 is 2.04 bits per heavy atom. The first-order valence-corrected chi connectivity index (χ1v) is 9.34. The van der Waals surface area contributed by atoms with Gasteiger partial charge in [-0.25, -0.2) is 18.1 Å². The van der Waals surface area contributed by atoms with Crippen LogP contribution in [-0.4, -0.2) is 37.8 Å². The van der Waals surface area contributed by atoms with Gasteiger partial charge in [0.15, 0.2) is 12.2 Å². The van der Waals surface area contributed by atoms with E-state index in [1.165, 1.54) is 6.39 Å². The summed E-state index contributed by atoms with van der Waals surface area (Å²) in [5.41, 5.74) is 1.01. The molecule has 1 saturated heterocycles. The fraction of sp³-hybridized carbons (Fsp3) is 0.375. The first-order chi connectivity index (χ1) is 11.5. The molecule has 0 bridgehead atoms. The van der Waals surface area contributed by atoms with E-state index in [9.17, 15) is 13.2 Å². The van der Waals surface area contributed by atoms with Crippen molar-refractivity contribution in [3.8, 4) is 11.3 Å². The second-order valence-electron chi connectivity index (χ2n) is 5.64. The van der Waals surface area contributed by atoms with Crippen LogP contribution in [0.3, 0.4) is 0 Å². The molecular weight excluding hydrogens is 332 g/mol. The third-order valence-corrected chi connectivity index (χ3v) is 5.10. The quantitative estimate of drug-likeness (QED) is 0.885. The Bertz CT molecular complexity index is 778. The molecule has 128 valence electrons. The summed E-state index contributed by atoms with van der Waals surface area (Å²) in [6, 6.07) is 6.43. The van der Waals surface area contributed by atoms with Gasteiger partial charge >= 0.3 is 0 Å². The number of carbonyl (C=O) groups is 1. The number of oxazole rings is 1. The smallest absolute Gasteiger partial charge is 0.264 e. The molecule has 1 atom stereocenters. The second kappa shape index (κ2) is 7.14. The van der Waals surface area contributed by atoms with Crippen molar-refractivity contribution in [1.29, 1.82) is 0 Å². The number of nitrogens with zero attached hydrogens (tertiary/aromatic N) is 1. The van der Waals surface area contributed by atoms with Gasteiger partial charge in [-0.3, -0.25) is 4.79 Å². The van der Waals surface area contributed by atoms with Gasteiger partial charge in [0.2, 0.25) is 10.0 Å². The summed E-state index contributed by atoms with van der Waals surface area (Å²) in [6.45, 7) is 0.567. The van der Waals surface area contributed by atoms with E-state index in [4.69, 9.17) is 9.15 Å². The van der Waals surface area contributed by atoms with Crippen molar-refractivity contribution in [2.75, 3.05) is 12.4 Å². The Balaban J connectivity index is 1.63. The van der Waals surface area contributed by atoms with E-state index in [1.54, 1.807) is 30.5 Å². The average molecular weight is 350 g/mol. The first kappa shape index (κ1) is 16.7. The van der Waals surface area contributed by atoms with Gasteiger partial charge in [-0.15, -0.1) is 0 Å². The number of sulfonamides is 1. The molecule has 1 amide bonds. The van der Waals surface area contributed by atoms with Crippen LogP contribution in [0.15, 0.2) is 41.3 Å². The number of amides is 1. The summed E-state index contributed by atoms with van der Waals surface area (Å²) in [7, 11) is -3.73. The predicted octanol–water partition coefficient (Wildman–Crippen LogP) is 1.97. The number of aromatic nitrogens is 1. The van der Waals surface area contributed by atoms with Gasteiger partial charge in [0, 0.05) is 17.7 Å². The molecule has 7 nitrogen and oxygen atoms in total. The van der Waals surface area contributed by atoms with Crippen molar-refractivity contribution in [1.82, 2.24) is 9.71 Å². The number of ether oxygens (including phenoxy) is 1. The number of hydrogen-bond donors (Lipinski definition) is 1. The Labute approximate surface area is 140 Å². The Kier molecular flexibility index (Phi) is 4.96. The second-order valence-corrected chi connectivity index (χ2v) is 7.41. The maximum atomic E-state index is 12.1. The zero-order valence-electron chi connectivity index (χ0n) is 13.0. The molecule has 1 aliphatic rings. The lowest BCUT2D eigenvalue weighted by molar-refractivity contribution is 0.0304. The monoisotopic (exact) mass is 350 g/mol. The number of rotatable bonds is 5. The molecule has 1 aliphatic heterocycles. The fourth-order valence-corrected chi connectivity index (χ4v) is 3.81. The predicted molar refractivity (Wildman–Crippen MR) is 86.8 cm³/mol. The molecule has 1 fully saturated rings. The Morgan fingerprint density at radius 3 is 2.67 bits per heavy atom. The van der Waals surface area contributed by atoms with Crippen LogP contribution < -0.4 is 4.72 Å². The number of hydrogen-bond acceptors (Lipinski definition) is 6. The minimum absolute atomic E-state index is 0.200. The molecule has 1 N–H and O–H groups in total. The standard InChI is InChI=1S/C16H18N2O5S/c19-16(18-24(20,21)10-14-3-1-2-8-22-14)13-6-4-12(5-7-13)15-9-17-11-23-15/h4-7,9,11,14H,1-3,8,10H2,(H,18,19)/t14-/m1/s1. The molecule has 0 spiro atoms. The highest BCUT2D eigenvalue weighted by atomic mass is 32.2. The van der Waals surface area contributed by atoms with Crippen LogP contribution in [0, 0.1) is 0 Å². The van der Waals surface area contributed by atoms with Gasteiger partial charge in [0.25, 0.3) is 5.91 Å². The van der Waals surface area contributed by atoms with E-state index < -0.39 is 15.9 Å². The molecule has 1 aromatic heterocycles. The van der Waals surface area contributed by atoms with Gasteiger partial charge in [-0.2, -0.15) is 0 Å². The fourth-order valence-electron chi connectivity index (χ4n) is 2.57. The highest BCUT2D eigenvalue weighted by Crippen LogP contribution is 2.19. The van der Waals surface area contributed by atoms with E-state index in [0.29, 0.717) is 18.8 Å². The summed E-state index contributed by atoms with van der Waals surface area (Å²) in [5.74, 6) is -0.284. The molecule has 2 heterocycles. The van der Waals surface area contributed by atoms with Crippen LogP contribution in [-0.2, 0) is 14.8 Å². The third-order valence-electron chi connectivity index (χ3n) is 3.79.